The van der Waals surface area contributed by atoms with Crippen LogP contribution in [-0.2, 0) is 0 Å². The van der Waals surface area contributed by atoms with Gasteiger partial charge in [0.25, 0.3) is 0 Å². The number of hydrogen-bond donors (Lipinski definition) is 0. The summed E-state index contributed by atoms with van der Waals surface area (Å²) in [6.45, 7) is 0. The summed E-state index contributed by atoms with van der Waals surface area (Å²) in [7, 11) is 0. The van der Waals surface area contributed by atoms with E-state index in [0.29, 0.717) is 0 Å². The summed E-state index contributed by atoms with van der Waals surface area (Å²) in [6, 6.07) is 54.3. The van der Waals surface area contributed by atoms with Crippen LogP contribution in [0.3, 0.4) is 0 Å². The number of aromatic nitrogens is 1. The van der Waals surface area contributed by atoms with Crippen molar-refractivity contribution in [2.45, 2.75) is 0 Å². The number of fused-ring (bicyclic) bond motifs is 4. The van der Waals surface area contributed by atoms with Gasteiger partial charge in [0.2, 0.25) is 0 Å². The SMILES string of the molecule is c1ccc(-c2c3ccccc3c(-c3ccc4ccc(-c5cccc6ccccc56)cc4n3)c3ccccc23)cc1. The van der Waals surface area contributed by atoms with E-state index in [2.05, 4.69) is 152 Å². The lowest BCUT2D eigenvalue weighted by Gasteiger charge is -2.17. The van der Waals surface area contributed by atoms with Gasteiger partial charge in [-0.3, -0.25) is 0 Å². The quantitative estimate of drug-likeness (QED) is 0.217. The van der Waals surface area contributed by atoms with E-state index in [1.807, 2.05) is 0 Å². The molecule has 0 saturated carbocycles. The lowest BCUT2D eigenvalue weighted by atomic mass is 9.87. The summed E-state index contributed by atoms with van der Waals surface area (Å²) >= 11 is 0. The van der Waals surface area contributed by atoms with Gasteiger partial charge in [-0.25, -0.2) is 4.98 Å². The minimum atomic E-state index is 0.995. The predicted molar refractivity (Wildman–Crippen MR) is 171 cm³/mol. The molecule has 0 N–H and O–H groups in total. The molecule has 1 aromatic heterocycles. The fourth-order valence-electron chi connectivity index (χ4n) is 6.22. The molecule has 0 spiro atoms. The van der Waals surface area contributed by atoms with E-state index >= 15 is 0 Å². The Hall–Kier alpha value is -5.27. The minimum absolute atomic E-state index is 0.995. The third kappa shape index (κ3) is 3.60. The maximum atomic E-state index is 5.31. The fraction of sp³-hybridized carbons (Fsp3) is 0. The molecule has 8 rings (SSSR count). The summed E-state index contributed by atoms with van der Waals surface area (Å²) in [5.41, 5.74) is 8.10. The zero-order valence-electron chi connectivity index (χ0n) is 21.9. The lowest BCUT2D eigenvalue weighted by molar-refractivity contribution is 1.42. The van der Waals surface area contributed by atoms with Gasteiger partial charge in [0, 0.05) is 10.9 Å². The molecule has 0 aliphatic carbocycles. The molecule has 40 heavy (non-hydrogen) atoms. The second-order valence-corrected chi connectivity index (χ2v) is 10.3. The molecule has 0 aliphatic heterocycles. The Balaban J connectivity index is 1.39. The maximum Gasteiger partial charge on any atom is 0.0722 e. The molecule has 1 nitrogen and oxygen atoms in total. The third-order valence-corrected chi connectivity index (χ3v) is 8.04. The van der Waals surface area contributed by atoms with E-state index in [-0.39, 0.29) is 0 Å². The number of hydrogen-bond acceptors (Lipinski definition) is 1. The molecule has 0 aliphatic rings. The van der Waals surface area contributed by atoms with Gasteiger partial charge in [-0.2, -0.15) is 0 Å². The van der Waals surface area contributed by atoms with Crippen molar-refractivity contribution in [3.63, 3.8) is 0 Å². The maximum absolute atomic E-state index is 5.31. The van der Waals surface area contributed by atoms with E-state index < -0.39 is 0 Å². The average Bonchev–Trinajstić information content (AvgIpc) is 3.03. The zero-order valence-corrected chi connectivity index (χ0v) is 21.9. The lowest BCUT2D eigenvalue weighted by Crippen LogP contribution is -1.93. The first-order valence-electron chi connectivity index (χ1n) is 13.7. The first-order valence-corrected chi connectivity index (χ1v) is 13.7. The van der Waals surface area contributed by atoms with Gasteiger partial charge in [-0.15, -0.1) is 0 Å². The predicted octanol–water partition coefficient (Wildman–Crippen LogP) is 10.7. The Morgan fingerprint density at radius 2 is 0.925 bits per heavy atom. The molecule has 0 unspecified atom stereocenters. The van der Waals surface area contributed by atoms with Gasteiger partial charge in [-0.1, -0.05) is 140 Å². The van der Waals surface area contributed by atoms with Crippen LogP contribution in [0.25, 0.3) is 76.7 Å². The number of benzene rings is 7. The first-order chi connectivity index (χ1) is 19.8. The van der Waals surface area contributed by atoms with E-state index in [4.69, 9.17) is 4.98 Å². The van der Waals surface area contributed by atoms with Crippen molar-refractivity contribution in [3.05, 3.63) is 152 Å². The van der Waals surface area contributed by atoms with Crippen molar-refractivity contribution in [1.82, 2.24) is 4.98 Å². The molecule has 186 valence electrons. The van der Waals surface area contributed by atoms with Crippen LogP contribution in [0.2, 0.25) is 0 Å². The summed E-state index contributed by atoms with van der Waals surface area (Å²) in [4.78, 5) is 5.31. The number of nitrogens with zero attached hydrogens (tertiary/aromatic N) is 1. The summed E-state index contributed by atoms with van der Waals surface area (Å²) < 4.78 is 0. The molecule has 0 bridgehead atoms. The van der Waals surface area contributed by atoms with Crippen molar-refractivity contribution in [1.29, 1.82) is 0 Å². The molecule has 0 saturated heterocycles. The summed E-state index contributed by atoms with van der Waals surface area (Å²) in [5.74, 6) is 0. The largest absolute Gasteiger partial charge is 0.248 e. The molecule has 7 aromatic carbocycles. The molecular formula is C39H25N. The van der Waals surface area contributed by atoms with Crippen LogP contribution in [0.15, 0.2) is 152 Å². The summed E-state index contributed by atoms with van der Waals surface area (Å²) in [5, 5.41) is 8.58. The second kappa shape index (κ2) is 9.18. The van der Waals surface area contributed by atoms with Gasteiger partial charge in [0.1, 0.15) is 0 Å². The van der Waals surface area contributed by atoms with Crippen molar-refractivity contribution >= 4 is 43.2 Å². The first kappa shape index (κ1) is 22.7. The molecular weight excluding hydrogens is 482 g/mol. The van der Waals surface area contributed by atoms with Gasteiger partial charge in [-0.05, 0) is 66.7 Å². The normalized spacial score (nSPS) is 11.5. The smallest absolute Gasteiger partial charge is 0.0722 e. The Morgan fingerprint density at radius 1 is 0.350 bits per heavy atom. The minimum Gasteiger partial charge on any atom is -0.248 e. The van der Waals surface area contributed by atoms with E-state index in [1.54, 1.807) is 0 Å². The van der Waals surface area contributed by atoms with Crippen LogP contribution in [0.4, 0.5) is 0 Å². The monoisotopic (exact) mass is 507 g/mol. The van der Waals surface area contributed by atoms with Crippen LogP contribution in [0.1, 0.15) is 0 Å². The van der Waals surface area contributed by atoms with Crippen LogP contribution in [-0.4, -0.2) is 4.98 Å². The molecule has 1 heteroatoms. The highest BCUT2D eigenvalue weighted by atomic mass is 14.7. The van der Waals surface area contributed by atoms with Gasteiger partial charge in [0.15, 0.2) is 0 Å². The Morgan fingerprint density at radius 3 is 1.65 bits per heavy atom. The average molecular weight is 508 g/mol. The van der Waals surface area contributed by atoms with E-state index in [0.717, 1.165) is 16.6 Å². The molecule has 1 heterocycles. The highest BCUT2D eigenvalue weighted by molar-refractivity contribution is 6.21. The van der Waals surface area contributed by atoms with Crippen molar-refractivity contribution < 1.29 is 0 Å². The van der Waals surface area contributed by atoms with Crippen LogP contribution in [0.5, 0.6) is 0 Å². The molecule has 0 radical (unpaired) electrons. The highest BCUT2D eigenvalue weighted by Gasteiger charge is 2.17. The van der Waals surface area contributed by atoms with Crippen LogP contribution < -0.4 is 0 Å². The fourth-order valence-corrected chi connectivity index (χ4v) is 6.22. The van der Waals surface area contributed by atoms with Crippen molar-refractivity contribution in [2.24, 2.45) is 0 Å². The molecule has 0 fully saturated rings. The van der Waals surface area contributed by atoms with E-state index in [1.165, 1.54) is 60.1 Å². The summed E-state index contributed by atoms with van der Waals surface area (Å²) in [6.07, 6.45) is 0. The standard InChI is InChI=1S/C39H25N/c1-2-12-28(13-3-1)38-32-16-6-8-18-34(32)39(35-19-9-7-17-33(35)38)36-24-23-27-21-22-29(25-37(27)40-36)31-20-10-14-26-11-4-5-15-30(26)31/h1-25H. The Bertz CT molecular complexity index is 2150. The van der Waals surface area contributed by atoms with E-state index in [9.17, 15) is 0 Å². The molecule has 0 amide bonds. The topological polar surface area (TPSA) is 12.9 Å². The van der Waals surface area contributed by atoms with Gasteiger partial charge < -0.3 is 0 Å². The Labute approximate surface area is 233 Å². The van der Waals surface area contributed by atoms with Crippen molar-refractivity contribution in [3.8, 4) is 33.5 Å². The van der Waals surface area contributed by atoms with Crippen LogP contribution in [0, 0.1) is 0 Å². The zero-order chi connectivity index (χ0) is 26.5. The number of rotatable bonds is 3. The van der Waals surface area contributed by atoms with Crippen molar-refractivity contribution in [2.75, 3.05) is 0 Å². The molecule has 0 atom stereocenters. The Kier molecular flexibility index (Phi) is 5.21. The third-order valence-electron chi connectivity index (χ3n) is 8.04. The molecule has 8 aromatic rings. The second-order valence-electron chi connectivity index (χ2n) is 10.3. The van der Waals surface area contributed by atoms with Crippen LogP contribution >= 0.6 is 0 Å². The number of pyridine rings is 1. The van der Waals surface area contributed by atoms with Gasteiger partial charge in [0.05, 0.1) is 11.2 Å². The highest BCUT2D eigenvalue weighted by Crippen LogP contribution is 2.43. The van der Waals surface area contributed by atoms with Gasteiger partial charge >= 0.3 is 0 Å².